The van der Waals surface area contributed by atoms with Crippen LogP contribution >= 0.6 is 0 Å². The van der Waals surface area contributed by atoms with E-state index in [1.165, 1.54) is 59.1 Å². The molecule has 0 bridgehead atoms. The molecule has 0 amide bonds. The molecule has 0 aliphatic heterocycles. The first kappa shape index (κ1) is 22.3. The van der Waals surface area contributed by atoms with Crippen molar-refractivity contribution in [2.75, 3.05) is 6.61 Å². The average molecular weight is 419 g/mol. The molecule has 0 heterocycles. The van der Waals surface area contributed by atoms with Gasteiger partial charge in [0.15, 0.2) is 5.78 Å². The van der Waals surface area contributed by atoms with Crippen molar-refractivity contribution in [2.24, 2.45) is 5.92 Å². The molecule has 1 fully saturated rings. The maximum absolute atomic E-state index is 12.5. The maximum Gasteiger partial charge on any atom is 0.163 e. The van der Waals surface area contributed by atoms with E-state index in [1.54, 1.807) is 0 Å². The van der Waals surface area contributed by atoms with E-state index in [1.807, 2.05) is 0 Å². The SMILES string of the molecule is CCOC1(c2ccc(C)c(-c3c(CCCC(CC)CC)ccc4c3CCC4=O)c2)CC1. The van der Waals surface area contributed by atoms with Crippen LogP contribution in [0.2, 0.25) is 0 Å². The molecule has 166 valence electrons. The van der Waals surface area contributed by atoms with Crippen LogP contribution < -0.4 is 0 Å². The fourth-order valence-corrected chi connectivity index (χ4v) is 5.49. The number of Topliss-reactive ketones (excluding diaryl/α,β-unsaturated/α-hetero) is 1. The number of aryl methyl sites for hydroxylation is 2. The smallest absolute Gasteiger partial charge is 0.163 e. The van der Waals surface area contributed by atoms with E-state index < -0.39 is 0 Å². The lowest BCUT2D eigenvalue weighted by molar-refractivity contribution is 0.0396. The standard InChI is InChI=1S/C29H38O2/c1-5-21(6-2)9-8-10-22-12-14-24-25(15-16-27(24)30)28(22)26-19-23(13-11-20(26)4)29(17-18-29)31-7-3/h11-14,19,21H,5-10,15-18H2,1-4H3. The molecule has 2 aliphatic carbocycles. The lowest BCUT2D eigenvalue weighted by Crippen LogP contribution is -2.12. The summed E-state index contributed by atoms with van der Waals surface area (Å²) < 4.78 is 6.16. The quantitative estimate of drug-likeness (QED) is 0.397. The van der Waals surface area contributed by atoms with Crippen LogP contribution in [0.1, 0.15) is 98.3 Å². The number of carbonyl (C=O) groups excluding carboxylic acids is 1. The predicted molar refractivity (Wildman–Crippen MR) is 129 cm³/mol. The topological polar surface area (TPSA) is 26.3 Å². The van der Waals surface area contributed by atoms with Crippen LogP contribution in [0, 0.1) is 12.8 Å². The minimum absolute atomic E-state index is 0.0827. The van der Waals surface area contributed by atoms with E-state index in [0.717, 1.165) is 43.8 Å². The lowest BCUT2D eigenvalue weighted by Gasteiger charge is -2.21. The van der Waals surface area contributed by atoms with Crippen molar-refractivity contribution in [3.05, 3.63) is 58.1 Å². The van der Waals surface area contributed by atoms with Gasteiger partial charge in [-0.1, -0.05) is 57.4 Å². The van der Waals surface area contributed by atoms with Crippen LogP contribution in [0.4, 0.5) is 0 Å². The Morgan fingerprint density at radius 3 is 2.45 bits per heavy atom. The van der Waals surface area contributed by atoms with Gasteiger partial charge in [0.05, 0.1) is 5.60 Å². The van der Waals surface area contributed by atoms with Gasteiger partial charge in [-0.2, -0.15) is 0 Å². The third-order valence-corrected chi connectivity index (χ3v) is 7.67. The molecule has 2 aromatic carbocycles. The summed E-state index contributed by atoms with van der Waals surface area (Å²) in [6.07, 6.45) is 9.88. The van der Waals surface area contributed by atoms with Crippen LogP contribution in [0.15, 0.2) is 30.3 Å². The first-order chi connectivity index (χ1) is 15.0. The number of ether oxygens (including phenoxy) is 1. The molecular weight excluding hydrogens is 380 g/mol. The van der Waals surface area contributed by atoms with Gasteiger partial charge in [0.25, 0.3) is 0 Å². The Kier molecular flexibility index (Phi) is 6.67. The number of fused-ring (bicyclic) bond motifs is 1. The number of benzene rings is 2. The highest BCUT2D eigenvalue weighted by Crippen LogP contribution is 2.50. The molecule has 2 nitrogen and oxygen atoms in total. The van der Waals surface area contributed by atoms with Crippen molar-refractivity contribution in [2.45, 2.75) is 91.1 Å². The van der Waals surface area contributed by atoms with Gasteiger partial charge in [-0.25, -0.2) is 0 Å². The molecule has 0 N–H and O–H groups in total. The van der Waals surface area contributed by atoms with Gasteiger partial charge in [0.2, 0.25) is 0 Å². The van der Waals surface area contributed by atoms with Gasteiger partial charge in [0, 0.05) is 18.6 Å². The number of ketones is 1. The second-order valence-corrected chi connectivity index (χ2v) is 9.58. The molecule has 4 rings (SSSR count). The van der Waals surface area contributed by atoms with Crippen molar-refractivity contribution in [3.63, 3.8) is 0 Å². The Morgan fingerprint density at radius 2 is 1.77 bits per heavy atom. The normalized spacial score (nSPS) is 16.7. The molecule has 0 aromatic heterocycles. The second-order valence-electron chi connectivity index (χ2n) is 9.58. The number of carbonyl (C=O) groups is 1. The van der Waals surface area contributed by atoms with Crippen LogP contribution in [-0.4, -0.2) is 12.4 Å². The highest BCUT2D eigenvalue weighted by molar-refractivity contribution is 6.03. The Bertz CT molecular complexity index is 947. The van der Waals surface area contributed by atoms with E-state index in [4.69, 9.17) is 4.74 Å². The lowest BCUT2D eigenvalue weighted by atomic mass is 9.85. The van der Waals surface area contributed by atoms with E-state index >= 15 is 0 Å². The summed E-state index contributed by atoms with van der Waals surface area (Å²) in [6.45, 7) is 9.66. The summed E-state index contributed by atoms with van der Waals surface area (Å²) in [6, 6.07) is 11.2. The minimum Gasteiger partial charge on any atom is -0.371 e. The van der Waals surface area contributed by atoms with Gasteiger partial charge < -0.3 is 4.74 Å². The molecule has 0 spiro atoms. The first-order valence-electron chi connectivity index (χ1n) is 12.5. The van der Waals surface area contributed by atoms with Gasteiger partial charge in [0.1, 0.15) is 0 Å². The Hall–Kier alpha value is -1.93. The summed E-state index contributed by atoms with van der Waals surface area (Å²) in [5, 5.41) is 0. The summed E-state index contributed by atoms with van der Waals surface area (Å²) >= 11 is 0. The molecule has 2 heteroatoms. The third kappa shape index (κ3) is 4.37. The van der Waals surface area contributed by atoms with Crippen molar-refractivity contribution in [3.8, 4) is 11.1 Å². The fourth-order valence-electron chi connectivity index (χ4n) is 5.49. The zero-order valence-electron chi connectivity index (χ0n) is 19.9. The molecule has 0 saturated heterocycles. The maximum atomic E-state index is 12.5. The molecule has 31 heavy (non-hydrogen) atoms. The van der Waals surface area contributed by atoms with Crippen molar-refractivity contribution >= 4 is 5.78 Å². The van der Waals surface area contributed by atoms with E-state index in [2.05, 4.69) is 58.0 Å². The van der Waals surface area contributed by atoms with Gasteiger partial charge in [-0.15, -0.1) is 0 Å². The van der Waals surface area contributed by atoms with Crippen molar-refractivity contribution in [1.29, 1.82) is 0 Å². The van der Waals surface area contributed by atoms with E-state index in [0.29, 0.717) is 12.2 Å². The Balaban J connectivity index is 1.74. The average Bonchev–Trinajstić information content (AvgIpc) is 3.47. The third-order valence-electron chi connectivity index (χ3n) is 7.67. The highest BCUT2D eigenvalue weighted by Gasteiger charge is 2.45. The van der Waals surface area contributed by atoms with Crippen LogP contribution in [0.5, 0.6) is 0 Å². The van der Waals surface area contributed by atoms with Crippen molar-refractivity contribution < 1.29 is 9.53 Å². The number of hydrogen-bond donors (Lipinski definition) is 0. The van der Waals surface area contributed by atoms with Gasteiger partial charge >= 0.3 is 0 Å². The first-order valence-corrected chi connectivity index (χ1v) is 12.5. The van der Waals surface area contributed by atoms with E-state index in [9.17, 15) is 4.79 Å². The number of rotatable bonds is 10. The van der Waals surface area contributed by atoms with Crippen LogP contribution in [-0.2, 0) is 23.2 Å². The Morgan fingerprint density at radius 1 is 1.00 bits per heavy atom. The molecular formula is C29H38O2. The molecule has 2 aromatic rings. The monoisotopic (exact) mass is 418 g/mol. The molecule has 2 aliphatic rings. The molecule has 0 unspecified atom stereocenters. The molecule has 0 radical (unpaired) electrons. The summed E-state index contributed by atoms with van der Waals surface area (Å²) in [4.78, 5) is 12.5. The zero-order valence-corrected chi connectivity index (χ0v) is 19.9. The van der Waals surface area contributed by atoms with Crippen LogP contribution in [0.3, 0.4) is 0 Å². The summed E-state index contributed by atoms with van der Waals surface area (Å²) in [5.41, 5.74) is 8.83. The summed E-state index contributed by atoms with van der Waals surface area (Å²) in [7, 11) is 0. The zero-order chi connectivity index (χ0) is 22.0. The summed E-state index contributed by atoms with van der Waals surface area (Å²) in [5.74, 6) is 1.13. The van der Waals surface area contributed by atoms with Crippen molar-refractivity contribution in [1.82, 2.24) is 0 Å². The Labute approximate surface area is 188 Å². The number of hydrogen-bond acceptors (Lipinski definition) is 2. The van der Waals surface area contributed by atoms with Gasteiger partial charge in [-0.3, -0.25) is 4.79 Å². The molecule has 0 atom stereocenters. The van der Waals surface area contributed by atoms with Gasteiger partial charge in [-0.05, 0) is 91.3 Å². The molecule has 1 saturated carbocycles. The largest absolute Gasteiger partial charge is 0.371 e. The predicted octanol–water partition coefficient (Wildman–Crippen LogP) is 7.58. The highest BCUT2D eigenvalue weighted by atomic mass is 16.5. The van der Waals surface area contributed by atoms with Crippen LogP contribution in [0.25, 0.3) is 11.1 Å². The second kappa shape index (κ2) is 9.28. The fraction of sp³-hybridized carbons (Fsp3) is 0.552. The van der Waals surface area contributed by atoms with E-state index in [-0.39, 0.29) is 5.60 Å². The minimum atomic E-state index is -0.0827.